The van der Waals surface area contributed by atoms with Gasteiger partial charge < -0.3 is 11.1 Å². The predicted octanol–water partition coefficient (Wildman–Crippen LogP) is 3.17. The largest absolute Gasteiger partial charge is 0.368 e. The number of benzene rings is 1. The summed E-state index contributed by atoms with van der Waals surface area (Å²) in [5, 5.41) is 3.16. The first-order valence-electron chi connectivity index (χ1n) is 4.46. The molecule has 0 fully saturated rings. The van der Waals surface area contributed by atoms with Gasteiger partial charge in [-0.25, -0.2) is 4.98 Å². The fourth-order valence-corrected chi connectivity index (χ4v) is 1.79. The molecule has 0 atom stereocenters. The van der Waals surface area contributed by atoms with Crippen LogP contribution in [-0.4, -0.2) is 9.97 Å². The van der Waals surface area contributed by atoms with Crippen molar-refractivity contribution in [3.05, 3.63) is 38.5 Å². The van der Waals surface area contributed by atoms with Crippen LogP contribution in [0.2, 0.25) is 0 Å². The molecule has 0 bridgehead atoms. The van der Waals surface area contributed by atoms with Gasteiger partial charge in [0, 0.05) is 15.5 Å². The van der Waals surface area contributed by atoms with Crippen LogP contribution in [0.1, 0.15) is 0 Å². The van der Waals surface area contributed by atoms with Crippen LogP contribution in [0, 0.1) is 3.57 Å². The molecule has 0 aliphatic rings. The Hall–Kier alpha value is -0.890. The zero-order chi connectivity index (χ0) is 11.5. The van der Waals surface area contributed by atoms with Crippen molar-refractivity contribution in [3.8, 4) is 0 Å². The summed E-state index contributed by atoms with van der Waals surface area (Å²) in [6.45, 7) is 0. The van der Waals surface area contributed by atoms with E-state index in [9.17, 15) is 0 Å². The van der Waals surface area contributed by atoms with Gasteiger partial charge in [0.15, 0.2) is 0 Å². The molecule has 16 heavy (non-hydrogen) atoms. The van der Waals surface area contributed by atoms with E-state index in [0.29, 0.717) is 5.82 Å². The topological polar surface area (TPSA) is 63.8 Å². The van der Waals surface area contributed by atoms with Gasteiger partial charge >= 0.3 is 0 Å². The second-order valence-electron chi connectivity index (χ2n) is 3.06. The van der Waals surface area contributed by atoms with E-state index in [2.05, 4.69) is 53.8 Å². The van der Waals surface area contributed by atoms with Gasteiger partial charge in [0.25, 0.3) is 0 Å². The van der Waals surface area contributed by atoms with Gasteiger partial charge in [0.1, 0.15) is 5.82 Å². The fraction of sp³-hybridized carbons (Fsp3) is 0. The maximum absolute atomic E-state index is 5.52. The van der Waals surface area contributed by atoms with Crippen LogP contribution < -0.4 is 11.1 Å². The number of aromatic nitrogens is 2. The van der Waals surface area contributed by atoms with Gasteiger partial charge in [-0.1, -0.05) is 0 Å². The molecule has 1 heterocycles. The highest BCUT2D eigenvalue weighted by Crippen LogP contribution is 2.23. The highest BCUT2D eigenvalue weighted by Gasteiger charge is 2.03. The molecular formula is C10H8BrIN4. The molecule has 6 heteroatoms. The Morgan fingerprint density at radius 1 is 1.25 bits per heavy atom. The summed E-state index contributed by atoms with van der Waals surface area (Å²) < 4.78 is 1.96. The van der Waals surface area contributed by atoms with E-state index in [1.165, 1.54) is 3.57 Å². The van der Waals surface area contributed by atoms with Crippen molar-refractivity contribution in [1.29, 1.82) is 0 Å². The second kappa shape index (κ2) is 4.96. The summed E-state index contributed by atoms with van der Waals surface area (Å²) in [5.74, 6) is 0.907. The number of halogens is 2. The molecule has 0 unspecified atom stereocenters. The molecule has 82 valence electrons. The van der Waals surface area contributed by atoms with Crippen LogP contribution in [-0.2, 0) is 0 Å². The normalized spacial score (nSPS) is 10.1. The molecule has 1 aromatic carbocycles. The molecule has 0 aliphatic heterocycles. The third-order valence-electron chi connectivity index (χ3n) is 1.87. The molecule has 1 aromatic heterocycles. The monoisotopic (exact) mass is 390 g/mol. The van der Waals surface area contributed by atoms with Gasteiger partial charge in [0.2, 0.25) is 5.95 Å². The lowest BCUT2D eigenvalue weighted by atomic mass is 10.3. The SMILES string of the molecule is Nc1ncc(Br)c(Nc2ccc(I)cc2)n1. The minimum atomic E-state index is 0.246. The fourth-order valence-electron chi connectivity index (χ4n) is 1.14. The maximum Gasteiger partial charge on any atom is 0.222 e. The summed E-state index contributed by atoms with van der Waals surface area (Å²) in [5.41, 5.74) is 6.48. The molecule has 2 rings (SSSR count). The Morgan fingerprint density at radius 2 is 1.94 bits per heavy atom. The van der Waals surface area contributed by atoms with Crippen molar-refractivity contribution < 1.29 is 0 Å². The van der Waals surface area contributed by atoms with Crippen molar-refractivity contribution in [3.63, 3.8) is 0 Å². The standard InChI is InChI=1S/C10H8BrIN4/c11-8-5-14-10(13)16-9(8)15-7-3-1-6(12)2-4-7/h1-5H,(H3,13,14,15,16). The van der Waals surface area contributed by atoms with Crippen molar-refractivity contribution in [2.75, 3.05) is 11.1 Å². The van der Waals surface area contributed by atoms with Crippen LogP contribution in [0.15, 0.2) is 34.9 Å². The number of nitrogens with one attached hydrogen (secondary N) is 1. The third-order valence-corrected chi connectivity index (χ3v) is 3.17. The number of anilines is 3. The van der Waals surface area contributed by atoms with Crippen molar-refractivity contribution in [2.45, 2.75) is 0 Å². The zero-order valence-corrected chi connectivity index (χ0v) is 11.9. The third kappa shape index (κ3) is 2.82. The van der Waals surface area contributed by atoms with Gasteiger partial charge in [-0.15, -0.1) is 0 Å². The van der Waals surface area contributed by atoms with E-state index < -0.39 is 0 Å². The summed E-state index contributed by atoms with van der Waals surface area (Å²) in [6.07, 6.45) is 1.62. The first kappa shape index (κ1) is 11.6. The van der Waals surface area contributed by atoms with Crippen LogP contribution >= 0.6 is 38.5 Å². The lowest BCUT2D eigenvalue weighted by Gasteiger charge is -2.07. The molecular weight excluding hydrogens is 383 g/mol. The molecule has 0 radical (unpaired) electrons. The number of hydrogen-bond acceptors (Lipinski definition) is 4. The molecule has 0 amide bonds. The average molecular weight is 391 g/mol. The lowest BCUT2D eigenvalue weighted by Crippen LogP contribution is -2.00. The number of nitrogen functional groups attached to an aromatic ring is 1. The lowest BCUT2D eigenvalue weighted by molar-refractivity contribution is 1.17. The minimum Gasteiger partial charge on any atom is -0.368 e. The Labute approximate surface area is 115 Å². The molecule has 0 spiro atoms. The Balaban J connectivity index is 2.26. The molecule has 3 N–H and O–H groups in total. The quantitative estimate of drug-likeness (QED) is 0.773. The molecule has 4 nitrogen and oxygen atoms in total. The first-order chi connectivity index (χ1) is 7.65. The van der Waals surface area contributed by atoms with Gasteiger partial charge in [-0.2, -0.15) is 4.98 Å². The predicted molar refractivity (Wildman–Crippen MR) is 76.6 cm³/mol. The van der Waals surface area contributed by atoms with Crippen LogP contribution in [0.25, 0.3) is 0 Å². The summed E-state index contributed by atoms with van der Waals surface area (Å²) >= 11 is 5.61. The first-order valence-corrected chi connectivity index (χ1v) is 6.33. The highest BCUT2D eigenvalue weighted by atomic mass is 127. The van der Waals surface area contributed by atoms with E-state index in [1.54, 1.807) is 6.20 Å². The van der Waals surface area contributed by atoms with E-state index >= 15 is 0 Å². The van der Waals surface area contributed by atoms with E-state index in [4.69, 9.17) is 5.73 Å². The Morgan fingerprint density at radius 3 is 2.62 bits per heavy atom. The Bertz CT molecular complexity index is 501. The van der Waals surface area contributed by atoms with E-state index in [-0.39, 0.29) is 5.95 Å². The molecule has 0 aliphatic carbocycles. The van der Waals surface area contributed by atoms with Gasteiger partial charge in [-0.05, 0) is 62.8 Å². The molecule has 0 saturated heterocycles. The summed E-state index contributed by atoms with van der Waals surface area (Å²) in [6, 6.07) is 7.99. The second-order valence-corrected chi connectivity index (χ2v) is 5.16. The highest BCUT2D eigenvalue weighted by molar-refractivity contribution is 14.1. The minimum absolute atomic E-state index is 0.246. The molecule has 0 saturated carbocycles. The van der Waals surface area contributed by atoms with Crippen LogP contribution in [0.5, 0.6) is 0 Å². The summed E-state index contributed by atoms with van der Waals surface area (Å²) in [7, 11) is 0. The van der Waals surface area contributed by atoms with Crippen molar-refractivity contribution in [2.24, 2.45) is 0 Å². The van der Waals surface area contributed by atoms with Gasteiger partial charge in [-0.3, -0.25) is 0 Å². The Kier molecular flexibility index (Phi) is 3.59. The van der Waals surface area contributed by atoms with Crippen LogP contribution in [0.4, 0.5) is 17.5 Å². The van der Waals surface area contributed by atoms with Gasteiger partial charge in [0.05, 0.1) is 4.47 Å². The number of rotatable bonds is 2. The average Bonchev–Trinajstić information content (AvgIpc) is 2.27. The van der Waals surface area contributed by atoms with Crippen LogP contribution in [0.3, 0.4) is 0 Å². The summed E-state index contributed by atoms with van der Waals surface area (Å²) in [4.78, 5) is 7.97. The smallest absolute Gasteiger partial charge is 0.222 e. The number of nitrogens with zero attached hydrogens (tertiary/aromatic N) is 2. The maximum atomic E-state index is 5.52. The number of hydrogen-bond donors (Lipinski definition) is 2. The van der Waals surface area contributed by atoms with E-state index in [0.717, 1.165) is 10.2 Å². The molecule has 2 aromatic rings. The number of nitrogens with two attached hydrogens (primary N) is 1. The van der Waals surface area contributed by atoms with Crippen molar-refractivity contribution in [1.82, 2.24) is 9.97 Å². The zero-order valence-electron chi connectivity index (χ0n) is 8.11. The van der Waals surface area contributed by atoms with E-state index in [1.807, 2.05) is 24.3 Å². The van der Waals surface area contributed by atoms with Crippen molar-refractivity contribution >= 4 is 56.0 Å².